The largest absolute Gasteiger partial charge is 0.494 e. The molecular formula is C22H24N6O4. The van der Waals surface area contributed by atoms with Crippen molar-refractivity contribution < 1.29 is 19.1 Å². The zero-order valence-corrected chi connectivity index (χ0v) is 18.0. The van der Waals surface area contributed by atoms with E-state index in [4.69, 9.17) is 9.47 Å². The highest BCUT2D eigenvalue weighted by Gasteiger charge is 2.19. The molecule has 0 aliphatic heterocycles. The average Bonchev–Trinajstić information content (AvgIpc) is 3.45. The van der Waals surface area contributed by atoms with Crippen LogP contribution >= 0.6 is 0 Å². The first-order chi connectivity index (χ1) is 15.5. The molecule has 32 heavy (non-hydrogen) atoms. The lowest BCUT2D eigenvalue weighted by molar-refractivity contribution is 0.0938. The van der Waals surface area contributed by atoms with Crippen LogP contribution in [0.5, 0.6) is 11.5 Å². The molecule has 0 atom stereocenters. The normalized spacial score (nSPS) is 11.1. The molecule has 2 aromatic heterocycles. The van der Waals surface area contributed by atoms with E-state index < -0.39 is 0 Å². The van der Waals surface area contributed by atoms with Crippen LogP contribution < -0.4 is 20.1 Å². The van der Waals surface area contributed by atoms with Gasteiger partial charge in [-0.1, -0.05) is 31.2 Å². The van der Waals surface area contributed by atoms with Crippen LogP contribution in [0.4, 0.5) is 0 Å². The van der Waals surface area contributed by atoms with Crippen molar-refractivity contribution in [2.45, 2.75) is 6.92 Å². The number of aromatic nitrogens is 4. The topological polar surface area (TPSA) is 134 Å². The van der Waals surface area contributed by atoms with Crippen LogP contribution in [0.3, 0.4) is 0 Å². The van der Waals surface area contributed by atoms with Gasteiger partial charge in [-0.15, -0.1) is 0 Å². The molecule has 0 fully saturated rings. The van der Waals surface area contributed by atoms with Gasteiger partial charge in [-0.3, -0.25) is 19.8 Å². The Morgan fingerprint density at radius 2 is 1.28 bits per heavy atom. The third kappa shape index (κ3) is 3.94. The Morgan fingerprint density at radius 3 is 1.69 bits per heavy atom. The van der Waals surface area contributed by atoms with Crippen LogP contribution in [0, 0.1) is 5.92 Å². The minimum atomic E-state index is -0.298. The fraction of sp³-hybridized carbons (Fsp3) is 0.273. The van der Waals surface area contributed by atoms with Crippen molar-refractivity contribution in [3.05, 3.63) is 47.8 Å². The lowest BCUT2D eigenvalue weighted by atomic mass is 10.1. The van der Waals surface area contributed by atoms with Gasteiger partial charge in [-0.25, -0.2) is 0 Å². The van der Waals surface area contributed by atoms with Crippen LogP contribution in [0.25, 0.3) is 21.8 Å². The van der Waals surface area contributed by atoms with Crippen molar-refractivity contribution >= 4 is 33.6 Å². The molecule has 2 amide bonds. The Balaban J connectivity index is 1.34. The van der Waals surface area contributed by atoms with Gasteiger partial charge >= 0.3 is 0 Å². The van der Waals surface area contributed by atoms with Gasteiger partial charge in [0.05, 0.1) is 14.2 Å². The van der Waals surface area contributed by atoms with E-state index in [2.05, 4.69) is 31.0 Å². The molecular weight excluding hydrogens is 412 g/mol. The second-order valence-corrected chi connectivity index (χ2v) is 7.44. The summed E-state index contributed by atoms with van der Waals surface area (Å²) in [5.41, 5.74) is 1.94. The average molecular weight is 436 g/mol. The third-order valence-corrected chi connectivity index (χ3v) is 5.21. The van der Waals surface area contributed by atoms with E-state index in [0.717, 1.165) is 0 Å². The first kappa shape index (κ1) is 21.2. The van der Waals surface area contributed by atoms with Crippen molar-refractivity contribution in [1.82, 2.24) is 31.0 Å². The molecule has 0 aliphatic carbocycles. The van der Waals surface area contributed by atoms with Crippen LogP contribution in [-0.4, -0.2) is 59.5 Å². The van der Waals surface area contributed by atoms with Gasteiger partial charge < -0.3 is 20.1 Å². The standard InChI is InChI=1S/C22H24N6O4/c1-12(10-23-21(29)19-13-6-4-8-15(31-2)17(13)25-27-19)11-24-22(30)20-14-7-5-9-16(32-3)18(14)26-28-20/h4-9,12H,10-11H2,1-3H3,(H,23,29)(H,24,30)(H,25,27)(H,26,28). The summed E-state index contributed by atoms with van der Waals surface area (Å²) in [5.74, 6) is 0.630. The van der Waals surface area contributed by atoms with E-state index in [1.54, 1.807) is 38.5 Å². The smallest absolute Gasteiger partial charge is 0.272 e. The van der Waals surface area contributed by atoms with Crippen molar-refractivity contribution in [2.75, 3.05) is 27.3 Å². The number of H-pyrrole nitrogens is 2. The van der Waals surface area contributed by atoms with Crippen molar-refractivity contribution in [3.8, 4) is 11.5 Å². The quantitative estimate of drug-likeness (QED) is 0.335. The number of ether oxygens (including phenoxy) is 2. The molecule has 0 radical (unpaired) electrons. The number of hydrogen-bond acceptors (Lipinski definition) is 6. The maximum atomic E-state index is 12.6. The van der Waals surface area contributed by atoms with Gasteiger partial charge in [0.15, 0.2) is 11.4 Å². The number of fused-ring (bicyclic) bond motifs is 2. The summed E-state index contributed by atoms with van der Waals surface area (Å²) in [5, 5.41) is 21.0. The van der Waals surface area contributed by atoms with Crippen molar-refractivity contribution in [3.63, 3.8) is 0 Å². The number of benzene rings is 2. The zero-order valence-electron chi connectivity index (χ0n) is 18.0. The summed E-state index contributed by atoms with van der Waals surface area (Å²) in [6.45, 7) is 2.66. The number of nitrogens with zero attached hydrogens (tertiary/aromatic N) is 2. The number of rotatable bonds is 8. The van der Waals surface area contributed by atoms with E-state index in [9.17, 15) is 9.59 Å². The first-order valence-corrected chi connectivity index (χ1v) is 10.1. The molecule has 0 aliphatic rings. The van der Waals surface area contributed by atoms with Crippen LogP contribution in [0.2, 0.25) is 0 Å². The molecule has 2 aromatic carbocycles. The zero-order chi connectivity index (χ0) is 22.7. The number of hydrogen-bond donors (Lipinski definition) is 4. The second-order valence-electron chi connectivity index (χ2n) is 7.44. The number of carbonyl (C=O) groups excluding carboxylic acids is 2. The number of methoxy groups -OCH3 is 2. The molecule has 10 nitrogen and oxygen atoms in total. The van der Waals surface area contributed by atoms with Crippen molar-refractivity contribution in [2.24, 2.45) is 5.92 Å². The molecule has 4 rings (SSSR count). The third-order valence-electron chi connectivity index (χ3n) is 5.21. The van der Waals surface area contributed by atoms with Gasteiger partial charge in [-0.2, -0.15) is 10.2 Å². The Morgan fingerprint density at radius 1 is 0.844 bits per heavy atom. The highest BCUT2D eigenvalue weighted by molar-refractivity contribution is 6.06. The highest BCUT2D eigenvalue weighted by atomic mass is 16.5. The van der Waals surface area contributed by atoms with E-state index in [-0.39, 0.29) is 17.7 Å². The lowest BCUT2D eigenvalue weighted by Gasteiger charge is -2.13. The van der Waals surface area contributed by atoms with Crippen LogP contribution in [0.15, 0.2) is 36.4 Å². The second kappa shape index (κ2) is 8.96. The Labute approximate surface area is 183 Å². The fourth-order valence-electron chi connectivity index (χ4n) is 3.49. The van der Waals surface area contributed by atoms with Crippen LogP contribution in [-0.2, 0) is 0 Å². The minimum Gasteiger partial charge on any atom is -0.494 e. The Bertz CT molecular complexity index is 1180. The van der Waals surface area contributed by atoms with Gasteiger partial charge in [0.25, 0.3) is 11.8 Å². The van der Waals surface area contributed by atoms with Gasteiger partial charge in [-0.05, 0) is 18.1 Å². The molecule has 2 heterocycles. The molecule has 0 unspecified atom stereocenters. The fourth-order valence-corrected chi connectivity index (χ4v) is 3.49. The summed E-state index contributed by atoms with van der Waals surface area (Å²) in [6, 6.07) is 10.8. The molecule has 166 valence electrons. The molecule has 0 bridgehead atoms. The number of nitrogens with one attached hydrogen (secondary N) is 4. The van der Waals surface area contributed by atoms with Crippen molar-refractivity contribution in [1.29, 1.82) is 0 Å². The Kier molecular flexibility index (Phi) is 5.93. The molecule has 0 spiro atoms. The number of amides is 2. The van der Waals surface area contributed by atoms with Gasteiger partial charge in [0.1, 0.15) is 22.5 Å². The summed E-state index contributed by atoms with van der Waals surface area (Å²) < 4.78 is 10.6. The monoisotopic (exact) mass is 436 g/mol. The molecule has 4 N–H and O–H groups in total. The lowest BCUT2D eigenvalue weighted by Crippen LogP contribution is -2.35. The minimum absolute atomic E-state index is 0.0117. The van der Waals surface area contributed by atoms with E-state index in [0.29, 0.717) is 57.8 Å². The first-order valence-electron chi connectivity index (χ1n) is 10.1. The number of carbonyl (C=O) groups is 2. The Hall–Kier alpha value is -4.08. The van der Waals surface area contributed by atoms with E-state index >= 15 is 0 Å². The molecule has 0 saturated carbocycles. The van der Waals surface area contributed by atoms with E-state index in [1.165, 1.54) is 0 Å². The van der Waals surface area contributed by atoms with Gasteiger partial charge in [0.2, 0.25) is 0 Å². The SMILES string of the molecule is COc1cccc2c(C(=O)NCC(C)CNC(=O)c3n[nH]c4c(OC)cccc34)n[nH]c12. The highest BCUT2D eigenvalue weighted by Crippen LogP contribution is 2.26. The van der Waals surface area contributed by atoms with Crippen LogP contribution in [0.1, 0.15) is 27.9 Å². The predicted octanol–water partition coefficient (Wildman–Crippen LogP) is 2.25. The maximum Gasteiger partial charge on any atom is 0.272 e. The van der Waals surface area contributed by atoms with E-state index in [1.807, 2.05) is 19.1 Å². The molecule has 4 aromatic rings. The summed E-state index contributed by atoms with van der Waals surface area (Å²) in [7, 11) is 3.13. The molecule has 0 saturated heterocycles. The number of aromatic amines is 2. The summed E-state index contributed by atoms with van der Waals surface area (Å²) in [6.07, 6.45) is 0. The number of para-hydroxylation sites is 2. The predicted molar refractivity (Wildman–Crippen MR) is 119 cm³/mol. The maximum absolute atomic E-state index is 12.6. The summed E-state index contributed by atoms with van der Waals surface area (Å²) in [4.78, 5) is 25.2. The summed E-state index contributed by atoms with van der Waals surface area (Å²) >= 11 is 0. The van der Waals surface area contributed by atoms with Gasteiger partial charge in [0, 0.05) is 23.9 Å². The molecule has 10 heteroatoms.